The summed E-state index contributed by atoms with van der Waals surface area (Å²) in [5.74, 6) is 0.559. The summed E-state index contributed by atoms with van der Waals surface area (Å²) in [6, 6.07) is 2.97. The summed E-state index contributed by atoms with van der Waals surface area (Å²) in [6.45, 7) is 0.0471. The number of aliphatic hydroxyl groups excluding tert-OH is 1. The molecule has 0 heterocycles. The van der Waals surface area contributed by atoms with Crippen molar-refractivity contribution in [1.29, 1.82) is 0 Å². The van der Waals surface area contributed by atoms with E-state index in [-0.39, 0.29) is 18.3 Å². The first kappa shape index (κ1) is 14.9. The highest BCUT2D eigenvalue weighted by Crippen LogP contribution is 2.32. The van der Waals surface area contributed by atoms with E-state index in [1.54, 1.807) is 0 Å². The summed E-state index contributed by atoms with van der Waals surface area (Å²) in [4.78, 5) is 11.5. The third kappa shape index (κ3) is 4.94. The van der Waals surface area contributed by atoms with Crippen LogP contribution < -0.4 is 5.32 Å². The Hall–Kier alpha value is -0.130. The number of halogens is 3. The molecule has 3 nitrogen and oxygen atoms in total. The Kier molecular flexibility index (Phi) is 6.44. The van der Waals surface area contributed by atoms with Crippen molar-refractivity contribution in [1.82, 2.24) is 0 Å². The zero-order chi connectivity index (χ0) is 12.8. The monoisotopic (exact) mass is 313 g/mol. The second kappa shape index (κ2) is 7.34. The van der Waals surface area contributed by atoms with Gasteiger partial charge in [-0.05, 0) is 12.1 Å². The molecule has 0 aromatic heterocycles. The lowest BCUT2D eigenvalue weighted by Crippen LogP contribution is -2.15. The number of carbonyl (C=O) groups excluding carboxylic acids is 1. The van der Waals surface area contributed by atoms with E-state index in [9.17, 15) is 4.79 Å². The Morgan fingerprint density at radius 3 is 2.53 bits per heavy atom. The largest absolute Gasteiger partial charge is 0.396 e. The van der Waals surface area contributed by atoms with Crippen molar-refractivity contribution >= 4 is 58.2 Å². The van der Waals surface area contributed by atoms with Gasteiger partial charge in [0.1, 0.15) is 0 Å². The summed E-state index contributed by atoms with van der Waals surface area (Å²) in [6.07, 6.45) is 0. The fraction of sp³-hybridized carbons (Fsp3) is 0.300. The molecule has 1 aromatic carbocycles. The van der Waals surface area contributed by atoms with E-state index in [4.69, 9.17) is 39.9 Å². The number of hydrogen-bond acceptors (Lipinski definition) is 3. The first-order valence-corrected chi connectivity index (χ1v) is 6.96. The van der Waals surface area contributed by atoms with Gasteiger partial charge in [0.25, 0.3) is 0 Å². The normalized spacial score (nSPS) is 10.4. The van der Waals surface area contributed by atoms with Gasteiger partial charge in [-0.1, -0.05) is 34.8 Å². The zero-order valence-electron chi connectivity index (χ0n) is 8.67. The number of rotatable bonds is 5. The van der Waals surface area contributed by atoms with Crippen molar-refractivity contribution < 1.29 is 9.90 Å². The van der Waals surface area contributed by atoms with Crippen LogP contribution in [0, 0.1) is 0 Å². The van der Waals surface area contributed by atoms with Crippen molar-refractivity contribution in [3.8, 4) is 0 Å². The Balaban J connectivity index is 2.62. The Labute approximate surface area is 118 Å². The maximum Gasteiger partial charge on any atom is 0.234 e. The molecule has 0 saturated carbocycles. The fourth-order valence-corrected chi connectivity index (χ4v) is 2.16. The Morgan fingerprint density at radius 2 is 1.88 bits per heavy atom. The van der Waals surface area contributed by atoms with E-state index in [1.807, 2.05) is 0 Å². The van der Waals surface area contributed by atoms with E-state index in [2.05, 4.69) is 5.32 Å². The molecule has 0 aliphatic rings. The number of carbonyl (C=O) groups is 1. The van der Waals surface area contributed by atoms with Crippen LogP contribution in [0.4, 0.5) is 5.69 Å². The molecule has 94 valence electrons. The third-order valence-corrected chi connectivity index (χ3v) is 3.73. The summed E-state index contributed by atoms with van der Waals surface area (Å²) < 4.78 is 0. The third-order valence-electron chi connectivity index (χ3n) is 1.75. The SMILES string of the molecule is O=C(CSCCO)Nc1cc(Cl)c(Cl)cc1Cl. The van der Waals surface area contributed by atoms with Crippen LogP contribution >= 0.6 is 46.6 Å². The zero-order valence-corrected chi connectivity index (χ0v) is 11.8. The first-order valence-electron chi connectivity index (χ1n) is 4.67. The predicted octanol–water partition coefficient (Wildman–Crippen LogP) is 3.31. The standard InChI is InChI=1S/C10H10Cl3NO2S/c11-6-3-8(13)9(4-7(6)12)14-10(16)5-17-2-1-15/h3-4,15H,1-2,5H2,(H,14,16). The maximum atomic E-state index is 11.5. The van der Waals surface area contributed by atoms with Gasteiger partial charge in [0.2, 0.25) is 5.91 Å². The summed E-state index contributed by atoms with van der Waals surface area (Å²) in [5.41, 5.74) is 0.427. The minimum atomic E-state index is -0.205. The van der Waals surface area contributed by atoms with Gasteiger partial charge in [-0.15, -0.1) is 11.8 Å². The molecule has 0 aliphatic heterocycles. The van der Waals surface area contributed by atoms with Crippen LogP contribution in [-0.4, -0.2) is 29.1 Å². The lowest BCUT2D eigenvalue weighted by molar-refractivity contribution is -0.113. The number of nitrogens with one attached hydrogen (secondary N) is 1. The smallest absolute Gasteiger partial charge is 0.234 e. The van der Waals surface area contributed by atoms with Crippen LogP contribution in [0.25, 0.3) is 0 Å². The molecule has 0 saturated heterocycles. The number of thioether (sulfide) groups is 1. The molecule has 0 aliphatic carbocycles. The van der Waals surface area contributed by atoms with E-state index in [0.717, 1.165) is 0 Å². The van der Waals surface area contributed by atoms with Gasteiger partial charge in [0.05, 0.1) is 33.1 Å². The minimum Gasteiger partial charge on any atom is -0.396 e. The Morgan fingerprint density at radius 1 is 1.24 bits per heavy atom. The molecule has 0 atom stereocenters. The van der Waals surface area contributed by atoms with E-state index in [0.29, 0.717) is 26.5 Å². The van der Waals surface area contributed by atoms with Gasteiger partial charge in [0.15, 0.2) is 0 Å². The van der Waals surface area contributed by atoms with E-state index in [1.165, 1.54) is 23.9 Å². The van der Waals surface area contributed by atoms with E-state index < -0.39 is 0 Å². The Bertz CT molecular complexity index is 415. The summed E-state index contributed by atoms with van der Waals surface area (Å²) in [7, 11) is 0. The quantitative estimate of drug-likeness (QED) is 0.647. The van der Waals surface area contributed by atoms with Crippen LogP contribution in [0.5, 0.6) is 0 Å². The van der Waals surface area contributed by atoms with Gasteiger partial charge in [-0.3, -0.25) is 4.79 Å². The van der Waals surface area contributed by atoms with Crippen LogP contribution in [0.1, 0.15) is 0 Å². The van der Waals surface area contributed by atoms with Gasteiger partial charge >= 0.3 is 0 Å². The molecule has 17 heavy (non-hydrogen) atoms. The highest BCUT2D eigenvalue weighted by atomic mass is 35.5. The number of benzene rings is 1. The van der Waals surface area contributed by atoms with Crippen LogP contribution in [0.3, 0.4) is 0 Å². The molecule has 1 amide bonds. The average Bonchev–Trinajstić information content (AvgIpc) is 2.26. The second-order valence-electron chi connectivity index (χ2n) is 3.07. The van der Waals surface area contributed by atoms with Crippen molar-refractivity contribution in [3.05, 3.63) is 27.2 Å². The molecule has 0 spiro atoms. The topological polar surface area (TPSA) is 49.3 Å². The second-order valence-corrected chi connectivity index (χ2v) is 5.40. The molecule has 1 aromatic rings. The van der Waals surface area contributed by atoms with Crippen molar-refractivity contribution in [2.24, 2.45) is 0 Å². The minimum absolute atomic E-state index is 0.0471. The lowest BCUT2D eigenvalue weighted by Gasteiger charge is -2.08. The molecule has 2 N–H and O–H groups in total. The molecule has 0 bridgehead atoms. The molecular weight excluding hydrogens is 305 g/mol. The summed E-state index contributed by atoms with van der Waals surface area (Å²) >= 11 is 18.8. The molecule has 0 fully saturated rings. The summed E-state index contributed by atoms with van der Waals surface area (Å²) in [5, 5.41) is 12.2. The molecule has 0 unspecified atom stereocenters. The highest BCUT2D eigenvalue weighted by Gasteiger charge is 2.09. The number of hydrogen-bond donors (Lipinski definition) is 2. The maximum absolute atomic E-state index is 11.5. The van der Waals surface area contributed by atoms with Crippen LogP contribution in [-0.2, 0) is 4.79 Å². The molecule has 0 radical (unpaired) electrons. The number of amides is 1. The molecular formula is C10H10Cl3NO2S. The number of aliphatic hydroxyl groups is 1. The lowest BCUT2D eigenvalue weighted by atomic mass is 10.3. The molecule has 7 heteroatoms. The van der Waals surface area contributed by atoms with Crippen molar-refractivity contribution in [2.75, 3.05) is 23.4 Å². The van der Waals surface area contributed by atoms with E-state index >= 15 is 0 Å². The molecule has 1 rings (SSSR count). The predicted molar refractivity (Wildman–Crippen MR) is 74.5 cm³/mol. The van der Waals surface area contributed by atoms with Gasteiger partial charge in [-0.2, -0.15) is 0 Å². The van der Waals surface area contributed by atoms with Crippen molar-refractivity contribution in [2.45, 2.75) is 0 Å². The van der Waals surface area contributed by atoms with Crippen molar-refractivity contribution in [3.63, 3.8) is 0 Å². The number of anilines is 1. The van der Waals surface area contributed by atoms with Crippen LogP contribution in [0.2, 0.25) is 15.1 Å². The van der Waals surface area contributed by atoms with Gasteiger partial charge in [-0.25, -0.2) is 0 Å². The average molecular weight is 315 g/mol. The van der Waals surface area contributed by atoms with Gasteiger partial charge in [0, 0.05) is 5.75 Å². The van der Waals surface area contributed by atoms with Crippen LogP contribution in [0.15, 0.2) is 12.1 Å². The first-order chi connectivity index (χ1) is 8.04. The van der Waals surface area contributed by atoms with Gasteiger partial charge < -0.3 is 10.4 Å². The fourth-order valence-electron chi connectivity index (χ4n) is 1.03. The highest BCUT2D eigenvalue weighted by molar-refractivity contribution is 7.99.